The molecule has 0 bridgehead atoms. The Morgan fingerprint density at radius 2 is 2.04 bits per heavy atom. The standard InChI is InChI=1S/C15H17ClN4O3/c1-3-22-12-6-5-10(7-13(12)23-4-2)8-17-19-11-9-18-20-15(21)14(11)16/h5-9H,3-4H2,1-2H3,(H2,19,20,21)/b17-8+. The fraction of sp³-hybridized carbons (Fsp3) is 0.267. The Hall–Kier alpha value is -2.54. The summed E-state index contributed by atoms with van der Waals surface area (Å²) in [6, 6.07) is 5.48. The molecule has 0 saturated heterocycles. The van der Waals surface area contributed by atoms with Crippen LogP contribution in [0.4, 0.5) is 5.69 Å². The van der Waals surface area contributed by atoms with E-state index < -0.39 is 5.56 Å². The van der Waals surface area contributed by atoms with E-state index in [1.54, 1.807) is 6.21 Å². The van der Waals surface area contributed by atoms with Crippen LogP contribution < -0.4 is 20.5 Å². The van der Waals surface area contributed by atoms with E-state index in [1.165, 1.54) is 6.20 Å². The molecule has 0 fully saturated rings. The van der Waals surface area contributed by atoms with Crippen molar-refractivity contribution < 1.29 is 9.47 Å². The van der Waals surface area contributed by atoms with Gasteiger partial charge < -0.3 is 9.47 Å². The van der Waals surface area contributed by atoms with E-state index in [0.29, 0.717) is 30.4 Å². The fourth-order valence-electron chi connectivity index (χ4n) is 1.79. The number of anilines is 1. The van der Waals surface area contributed by atoms with Crippen molar-refractivity contribution in [2.24, 2.45) is 5.10 Å². The Kier molecular flexibility index (Phi) is 5.99. The molecule has 0 amide bonds. The lowest BCUT2D eigenvalue weighted by Crippen LogP contribution is -2.10. The number of aromatic amines is 1. The van der Waals surface area contributed by atoms with Crippen molar-refractivity contribution >= 4 is 23.5 Å². The van der Waals surface area contributed by atoms with Gasteiger partial charge in [-0.1, -0.05) is 11.6 Å². The van der Waals surface area contributed by atoms with E-state index in [-0.39, 0.29) is 5.02 Å². The molecule has 0 radical (unpaired) electrons. The maximum atomic E-state index is 11.3. The lowest BCUT2D eigenvalue weighted by molar-refractivity contribution is 0.288. The molecule has 0 aliphatic carbocycles. The average Bonchev–Trinajstić information content (AvgIpc) is 2.54. The van der Waals surface area contributed by atoms with E-state index in [4.69, 9.17) is 21.1 Å². The van der Waals surface area contributed by atoms with Gasteiger partial charge in [0.25, 0.3) is 5.56 Å². The monoisotopic (exact) mass is 336 g/mol. The molecule has 1 heterocycles. The summed E-state index contributed by atoms with van der Waals surface area (Å²) in [7, 11) is 0. The highest BCUT2D eigenvalue weighted by Crippen LogP contribution is 2.28. The van der Waals surface area contributed by atoms with Crippen molar-refractivity contribution in [1.82, 2.24) is 10.2 Å². The van der Waals surface area contributed by atoms with Crippen LogP contribution in [0.1, 0.15) is 19.4 Å². The van der Waals surface area contributed by atoms with E-state index >= 15 is 0 Å². The molecule has 2 rings (SSSR count). The first kappa shape index (κ1) is 16.8. The van der Waals surface area contributed by atoms with Crippen molar-refractivity contribution in [3.63, 3.8) is 0 Å². The molecule has 0 aliphatic rings. The third-order valence-corrected chi connectivity index (χ3v) is 3.14. The molecule has 2 aromatic rings. The Balaban J connectivity index is 2.14. The minimum absolute atomic E-state index is 0.00107. The van der Waals surface area contributed by atoms with Gasteiger partial charge in [0.2, 0.25) is 0 Å². The van der Waals surface area contributed by atoms with Gasteiger partial charge in [-0.3, -0.25) is 10.2 Å². The molecule has 1 aromatic heterocycles. The van der Waals surface area contributed by atoms with Crippen LogP contribution in [0.3, 0.4) is 0 Å². The number of benzene rings is 1. The van der Waals surface area contributed by atoms with Gasteiger partial charge in [-0.05, 0) is 37.6 Å². The van der Waals surface area contributed by atoms with Crippen LogP contribution in [-0.4, -0.2) is 29.6 Å². The third-order valence-electron chi connectivity index (χ3n) is 2.76. The number of halogens is 1. The van der Waals surface area contributed by atoms with E-state index in [2.05, 4.69) is 20.7 Å². The Morgan fingerprint density at radius 3 is 2.78 bits per heavy atom. The fourth-order valence-corrected chi connectivity index (χ4v) is 1.92. The van der Waals surface area contributed by atoms with Gasteiger partial charge >= 0.3 is 0 Å². The Labute approximate surface area is 138 Å². The molecular weight excluding hydrogens is 320 g/mol. The summed E-state index contributed by atoms with van der Waals surface area (Å²) in [5.74, 6) is 1.33. The average molecular weight is 337 g/mol. The minimum Gasteiger partial charge on any atom is -0.490 e. The molecule has 122 valence electrons. The van der Waals surface area contributed by atoms with Crippen LogP contribution in [0.25, 0.3) is 0 Å². The number of H-pyrrole nitrogens is 1. The summed E-state index contributed by atoms with van der Waals surface area (Å²) >= 11 is 5.84. The molecule has 0 spiro atoms. The predicted molar refractivity (Wildman–Crippen MR) is 89.9 cm³/mol. The van der Waals surface area contributed by atoms with E-state index in [9.17, 15) is 4.79 Å². The molecule has 1 aromatic carbocycles. The van der Waals surface area contributed by atoms with Gasteiger partial charge in [0.05, 0.1) is 25.6 Å². The van der Waals surface area contributed by atoms with Crippen LogP contribution in [0, 0.1) is 0 Å². The van der Waals surface area contributed by atoms with Gasteiger partial charge in [-0.15, -0.1) is 0 Å². The molecular formula is C15H17ClN4O3. The quantitative estimate of drug-likeness (QED) is 0.599. The third kappa shape index (κ3) is 4.46. The first-order valence-corrected chi connectivity index (χ1v) is 7.45. The Morgan fingerprint density at radius 1 is 1.30 bits per heavy atom. The number of hydrazone groups is 1. The van der Waals surface area contributed by atoms with Gasteiger partial charge in [0, 0.05) is 0 Å². The number of rotatable bonds is 7. The number of nitrogens with zero attached hydrogens (tertiary/aromatic N) is 2. The van der Waals surface area contributed by atoms with Crippen molar-refractivity contribution in [2.45, 2.75) is 13.8 Å². The van der Waals surface area contributed by atoms with Crippen LogP contribution in [0.15, 0.2) is 34.3 Å². The summed E-state index contributed by atoms with van der Waals surface area (Å²) < 4.78 is 11.0. The highest BCUT2D eigenvalue weighted by atomic mass is 35.5. The normalized spacial score (nSPS) is 10.7. The Bertz CT molecular complexity index is 746. The van der Waals surface area contributed by atoms with Gasteiger partial charge in [-0.2, -0.15) is 10.2 Å². The van der Waals surface area contributed by atoms with Crippen molar-refractivity contribution in [3.05, 3.63) is 45.3 Å². The number of hydrogen-bond acceptors (Lipinski definition) is 6. The molecule has 0 unspecified atom stereocenters. The van der Waals surface area contributed by atoms with E-state index in [0.717, 1.165) is 5.56 Å². The molecule has 23 heavy (non-hydrogen) atoms. The molecule has 2 N–H and O–H groups in total. The second kappa shape index (κ2) is 8.19. The zero-order valence-corrected chi connectivity index (χ0v) is 13.6. The largest absolute Gasteiger partial charge is 0.490 e. The van der Waals surface area contributed by atoms with Gasteiger partial charge in [0.1, 0.15) is 10.7 Å². The lowest BCUT2D eigenvalue weighted by Gasteiger charge is -2.11. The van der Waals surface area contributed by atoms with Crippen LogP contribution >= 0.6 is 11.6 Å². The summed E-state index contributed by atoms with van der Waals surface area (Å²) in [4.78, 5) is 11.3. The van der Waals surface area contributed by atoms with Crippen molar-refractivity contribution in [1.29, 1.82) is 0 Å². The van der Waals surface area contributed by atoms with Crippen LogP contribution in [-0.2, 0) is 0 Å². The number of nitrogens with one attached hydrogen (secondary N) is 2. The highest BCUT2D eigenvalue weighted by Gasteiger charge is 2.06. The smallest absolute Gasteiger partial charge is 0.285 e. The highest BCUT2D eigenvalue weighted by molar-refractivity contribution is 6.32. The van der Waals surface area contributed by atoms with Crippen molar-refractivity contribution in [3.8, 4) is 11.5 Å². The summed E-state index contributed by atoms with van der Waals surface area (Å²) in [5.41, 5.74) is 3.32. The topological polar surface area (TPSA) is 88.6 Å². The molecule has 8 heteroatoms. The summed E-state index contributed by atoms with van der Waals surface area (Å²) in [6.45, 7) is 4.91. The van der Waals surface area contributed by atoms with Crippen LogP contribution in [0.5, 0.6) is 11.5 Å². The number of ether oxygens (including phenoxy) is 2. The van der Waals surface area contributed by atoms with Crippen molar-refractivity contribution in [2.75, 3.05) is 18.6 Å². The second-order valence-corrected chi connectivity index (χ2v) is 4.75. The zero-order valence-electron chi connectivity index (χ0n) is 12.8. The predicted octanol–water partition coefficient (Wildman–Crippen LogP) is 2.67. The maximum absolute atomic E-state index is 11.3. The minimum atomic E-state index is -0.480. The first-order chi connectivity index (χ1) is 11.2. The van der Waals surface area contributed by atoms with Gasteiger partial charge in [-0.25, -0.2) is 5.10 Å². The second-order valence-electron chi connectivity index (χ2n) is 4.37. The molecule has 0 saturated carbocycles. The van der Waals surface area contributed by atoms with Gasteiger partial charge in [0.15, 0.2) is 11.5 Å². The van der Waals surface area contributed by atoms with Crippen LogP contribution in [0.2, 0.25) is 5.02 Å². The van der Waals surface area contributed by atoms with E-state index in [1.807, 2.05) is 32.0 Å². The molecule has 0 atom stereocenters. The first-order valence-electron chi connectivity index (χ1n) is 7.07. The molecule has 0 aliphatic heterocycles. The maximum Gasteiger partial charge on any atom is 0.285 e. The number of hydrogen-bond donors (Lipinski definition) is 2. The summed E-state index contributed by atoms with van der Waals surface area (Å²) in [5, 5.41) is 9.92. The zero-order chi connectivity index (χ0) is 16.7. The lowest BCUT2D eigenvalue weighted by atomic mass is 10.2. The molecule has 7 nitrogen and oxygen atoms in total. The SMILES string of the molecule is CCOc1ccc(/C=N/Nc2cn[nH]c(=O)c2Cl)cc1OCC. The number of aromatic nitrogens is 2. The summed E-state index contributed by atoms with van der Waals surface area (Å²) in [6.07, 6.45) is 2.96.